The van der Waals surface area contributed by atoms with Crippen LogP contribution in [0.2, 0.25) is 0 Å². The summed E-state index contributed by atoms with van der Waals surface area (Å²) in [5.41, 5.74) is 1.70. The lowest BCUT2D eigenvalue weighted by molar-refractivity contribution is -0.911. The molecule has 0 radical (unpaired) electrons. The summed E-state index contributed by atoms with van der Waals surface area (Å²) in [6.45, 7) is 11.2. The molecule has 2 saturated carbocycles. The van der Waals surface area contributed by atoms with E-state index in [1.54, 1.807) is 0 Å². The van der Waals surface area contributed by atoms with Gasteiger partial charge in [-0.3, -0.25) is 4.79 Å². The van der Waals surface area contributed by atoms with E-state index in [1.165, 1.54) is 23.3 Å². The molecule has 0 aromatic heterocycles. The summed E-state index contributed by atoms with van der Waals surface area (Å²) < 4.78 is 17.6. The molecule has 3 saturated heterocycles. The quantitative estimate of drug-likeness (QED) is 0.589. The van der Waals surface area contributed by atoms with Crippen molar-refractivity contribution in [2.45, 2.75) is 63.8 Å². The van der Waals surface area contributed by atoms with Crippen LogP contribution >= 0.6 is 0 Å². The highest BCUT2D eigenvalue weighted by atomic mass is 16.7. The Kier molecular flexibility index (Phi) is 4.41. The number of quaternary nitrogens is 1. The van der Waals surface area contributed by atoms with Crippen LogP contribution in [0.3, 0.4) is 0 Å². The fourth-order valence-electron chi connectivity index (χ4n) is 6.77. The molecule has 0 bridgehead atoms. The van der Waals surface area contributed by atoms with Gasteiger partial charge < -0.3 is 19.1 Å². The first-order chi connectivity index (χ1) is 13.0. The first kappa shape index (κ1) is 18.1. The minimum atomic E-state index is -0.325. The molecule has 5 aliphatic rings. The third-order valence-corrected chi connectivity index (χ3v) is 8.36. The maximum atomic E-state index is 12.7. The Bertz CT molecular complexity index is 618. The van der Waals surface area contributed by atoms with Crippen LogP contribution in [0.5, 0.6) is 0 Å². The number of ether oxygens (including phenoxy) is 3. The lowest BCUT2D eigenvalue weighted by Gasteiger charge is -2.50. The summed E-state index contributed by atoms with van der Waals surface area (Å²) in [6.07, 6.45) is 7.80. The third kappa shape index (κ3) is 3.06. The standard InChI is InChI=1S/C22H33NO4/c1-15-4-3-5-21(2)13-19-16(12-18(15)21)17(20(24)27-19)14-23-8-6-22(7-9-23)25-10-11-26-22/h16-19H,1,3-14H2,2H3/p+1/t16-,17-,18-,19+,21-/m0/s1. The minimum Gasteiger partial charge on any atom is -0.462 e. The van der Waals surface area contributed by atoms with Gasteiger partial charge in [0.2, 0.25) is 0 Å². The number of likely N-dealkylation sites (tertiary alicyclic amines) is 1. The van der Waals surface area contributed by atoms with Gasteiger partial charge >= 0.3 is 5.97 Å². The summed E-state index contributed by atoms with van der Waals surface area (Å²) in [6, 6.07) is 0. The maximum Gasteiger partial charge on any atom is 0.315 e. The van der Waals surface area contributed by atoms with Crippen LogP contribution in [-0.4, -0.2) is 50.7 Å². The molecule has 1 spiro atoms. The van der Waals surface area contributed by atoms with Gasteiger partial charge in [0.1, 0.15) is 12.0 Å². The highest BCUT2D eigenvalue weighted by Gasteiger charge is 2.56. The van der Waals surface area contributed by atoms with Gasteiger partial charge in [0.25, 0.3) is 0 Å². The van der Waals surface area contributed by atoms with Crippen molar-refractivity contribution in [1.29, 1.82) is 0 Å². The van der Waals surface area contributed by atoms with Gasteiger partial charge in [-0.15, -0.1) is 0 Å². The second-order valence-electron chi connectivity index (χ2n) is 9.97. The van der Waals surface area contributed by atoms with E-state index in [0.717, 1.165) is 65.0 Å². The average Bonchev–Trinajstić information content (AvgIpc) is 3.20. The predicted molar refractivity (Wildman–Crippen MR) is 100 cm³/mol. The zero-order valence-electron chi connectivity index (χ0n) is 16.6. The molecule has 0 unspecified atom stereocenters. The van der Waals surface area contributed by atoms with Gasteiger partial charge in [-0.1, -0.05) is 19.1 Å². The third-order valence-electron chi connectivity index (χ3n) is 8.36. The van der Waals surface area contributed by atoms with Gasteiger partial charge in [0.15, 0.2) is 5.79 Å². The van der Waals surface area contributed by atoms with Crippen LogP contribution in [0.15, 0.2) is 12.2 Å². The molecule has 27 heavy (non-hydrogen) atoms. The fourth-order valence-corrected chi connectivity index (χ4v) is 6.77. The number of carbonyl (C=O) groups excluding carboxylic acids is 1. The Hall–Kier alpha value is -0.910. The summed E-state index contributed by atoms with van der Waals surface area (Å²) in [7, 11) is 0. The predicted octanol–water partition coefficient (Wildman–Crippen LogP) is 1.72. The van der Waals surface area contributed by atoms with Crippen LogP contribution in [0.4, 0.5) is 0 Å². The van der Waals surface area contributed by atoms with E-state index in [2.05, 4.69) is 13.5 Å². The average molecular weight is 377 g/mol. The summed E-state index contributed by atoms with van der Waals surface area (Å²) in [5, 5.41) is 0. The molecule has 5 heteroatoms. The van der Waals surface area contributed by atoms with Crippen LogP contribution in [0.25, 0.3) is 0 Å². The molecular weight excluding hydrogens is 342 g/mol. The largest absolute Gasteiger partial charge is 0.462 e. The molecule has 150 valence electrons. The lowest BCUT2D eigenvalue weighted by Crippen LogP contribution is -3.14. The topological polar surface area (TPSA) is 49.2 Å². The number of fused-ring (bicyclic) bond motifs is 2. The molecular formula is C22H34NO4+. The maximum absolute atomic E-state index is 12.7. The Morgan fingerprint density at radius 3 is 2.67 bits per heavy atom. The Morgan fingerprint density at radius 1 is 1.19 bits per heavy atom. The van der Waals surface area contributed by atoms with Crippen molar-refractivity contribution in [1.82, 2.24) is 0 Å². The monoisotopic (exact) mass is 376 g/mol. The molecule has 2 aliphatic carbocycles. The van der Waals surface area contributed by atoms with Gasteiger partial charge in [-0.2, -0.15) is 0 Å². The molecule has 3 aliphatic heterocycles. The Morgan fingerprint density at radius 2 is 1.93 bits per heavy atom. The van der Waals surface area contributed by atoms with Crippen LogP contribution in [0, 0.1) is 23.2 Å². The Labute approximate surface area is 162 Å². The molecule has 0 aromatic carbocycles. The highest BCUT2D eigenvalue weighted by molar-refractivity contribution is 5.75. The number of allylic oxidation sites excluding steroid dienone is 1. The number of rotatable bonds is 2. The van der Waals surface area contributed by atoms with Gasteiger partial charge in [-0.25, -0.2) is 0 Å². The first-order valence-corrected chi connectivity index (χ1v) is 11.0. The first-order valence-electron chi connectivity index (χ1n) is 11.0. The molecule has 5 atom stereocenters. The van der Waals surface area contributed by atoms with Crippen LogP contribution in [0.1, 0.15) is 51.9 Å². The van der Waals surface area contributed by atoms with Crippen molar-refractivity contribution < 1.29 is 23.9 Å². The van der Waals surface area contributed by atoms with E-state index in [1.807, 2.05) is 0 Å². The zero-order chi connectivity index (χ0) is 18.6. The fraction of sp³-hybridized carbons (Fsp3) is 0.864. The molecule has 0 amide bonds. The number of esters is 1. The molecule has 5 fully saturated rings. The van der Waals surface area contributed by atoms with E-state index < -0.39 is 0 Å². The van der Waals surface area contributed by atoms with E-state index in [4.69, 9.17) is 14.2 Å². The second-order valence-corrected chi connectivity index (χ2v) is 9.97. The van der Waals surface area contributed by atoms with Crippen molar-refractivity contribution in [3.63, 3.8) is 0 Å². The summed E-state index contributed by atoms with van der Waals surface area (Å²) >= 11 is 0. The van der Waals surface area contributed by atoms with Crippen molar-refractivity contribution in [2.24, 2.45) is 23.2 Å². The number of piperidine rings is 1. The van der Waals surface area contributed by atoms with E-state index in [9.17, 15) is 4.79 Å². The molecule has 1 N–H and O–H groups in total. The van der Waals surface area contributed by atoms with E-state index in [-0.39, 0.29) is 29.2 Å². The summed E-state index contributed by atoms with van der Waals surface area (Å²) in [4.78, 5) is 14.3. The normalized spacial score (nSPS) is 44.2. The van der Waals surface area contributed by atoms with Crippen molar-refractivity contribution in [3.8, 4) is 0 Å². The number of carbonyl (C=O) groups is 1. The summed E-state index contributed by atoms with van der Waals surface area (Å²) in [5.74, 6) is 0.745. The number of nitrogens with one attached hydrogen (secondary N) is 1. The molecule has 0 aromatic rings. The smallest absolute Gasteiger partial charge is 0.315 e. The van der Waals surface area contributed by atoms with E-state index >= 15 is 0 Å². The SMILES string of the molecule is C=C1CCC[C@@]2(C)C[C@H]3OC(=O)[C@@H](C[NH+]4CCC5(CC4)OCCO5)[C@@H]3C[C@@H]12. The van der Waals surface area contributed by atoms with Gasteiger partial charge in [0, 0.05) is 5.92 Å². The molecule has 5 rings (SSSR count). The minimum absolute atomic E-state index is 0.0546. The van der Waals surface area contributed by atoms with Crippen molar-refractivity contribution in [2.75, 3.05) is 32.8 Å². The second kappa shape index (κ2) is 6.57. The Balaban J connectivity index is 1.26. The van der Waals surface area contributed by atoms with Gasteiger partial charge in [-0.05, 0) is 43.4 Å². The number of hydrogen-bond donors (Lipinski definition) is 1. The zero-order valence-corrected chi connectivity index (χ0v) is 16.6. The van der Waals surface area contributed by atoms with Crippen molar-refractivity contribution in [3.05, 3.63) is 12.2 Å². The van der Waals surface area contributed by atoms with E-state index in [0.29, 0.717) is 11.8 Å². The lowest BCUT2D eigenvalue weighted by atomic mass is 9.55. The molecule has 3 heterocycles. The highest BCUT2D eigenvalue weighted by Crippen LogP contribution is 2.56. The van der Waals surface area contributed by atoms with Gasteiger partial charge in [0.05, 0.1) is 45.7 Å². The number of hydrogen-bond acceptors (Lipinski definition) is 4. The van der Waals surface area contributed by atoms with Crippen LogP contribution < -0.4 is 4.90 Å². The molecule has 5 nitrogen and oxygen atoms in total. The van der Waals surface area contributed by atoms with Crippen molar-refractivity contribution >= 4 is 5.97 Å². The van der Waals surface area contributed by atoms with Crippen LogP contribution in [-0.2, 0) is 19.0 Å².